The van der Waals surface area contributed by atoms with Gasteiger partial charge in [0.05, 0.1) is 17.8 Å². The normalized spacial score (nSPS) is 22.5. The Morgan fingerprint density at radius 1 is 1.59 bits per heavy atom. The molecular formula is C12H18N4O. The first-order valence-electron chi connectivity index (χ1n) is 5.90. The molecule has 4 N–H and O–H groups in total. The first-order chi connectivity index (χ1) is 8.24. The van der Waals surface area contributed by atoms with E-state index in [0.717, 1.165) is 25.1 Å². The summed E-state index contributed by atoms with van der Waals surface area (Å²) in [7, 11) is 0. The highest BCUT2D eigenvalue weighted by atomic mass is 16.1. The highest BCUT2D eigenvalue weighted by Gasteiger charge is 2.34. The summed E-state index contributed by atoms with van der Waals surface area (Å²) in [5.41, 5.74) is 12.1. The van der Waals surface area contributed by atoms with Crippen LogP contribution in [0.4, 0.5) is 0 Å². The van der Waals surface area contributed by atoms with Crippen LogP contribution >= 0.6 is 0 Å². The monoisotopic (exact) mass is 234 g/mol. The van der Waals surface area contributed by atoms with E-state index in [2.05, 4.69) is 9.88 Å². The maximum atomic E-state index is 11.4. The number of carbonyl (C=O) groups is 1. The third-order valence-corrected chi connectivity index (χ3v) is 3.28. The van der Waals surface area contributed by atoms with Crippen LogP contribution in [0.2, 0.25) is 0 Å². The number of aromatic nitrogens is 1. The predicted octanol–water partition coefficient (Wildman–Crippen LogP) is 0.0311. The van der Waals surface area contributed by atoms with Crippen LogP contribution in [-0.2, 0) is 4.79 Å². The molecule has 0 radical (unpaired) electrons. The lowest BCUT2D eigenvalue weighted by Gasteiger charge is -2.30. The van der Waals surface area contributed by atoms with Crippen molar-refractivity contribution >= 4 is 5.91 Å². The average molecular weight is 234 g/mol. The summed E-state index contributed by atoms with van der Waals surface area (Å²) in [6.07, 6.45) is 3.54. The molecule has 1 aromatic rings. The van der Waals surface area contributed by atoms with E-state index < -0.39 is 0 Å². The van der Waals surface area contributed by atoms with Gasteiger partial charge in [-0.05, 0) is 31.5 Å². The molecule has 0 aliphatic carbocycles. The maximum absolute atomic E-state index is 11.4. The van der Waals surface area contributed by atoms with Crippen molar-refractivity contribution in [2.24, 2.45) is 11.5 Å². The molecular weight excluding hydrogens is 216 g/mol. The molecule has 17 heavy (non-hydrogen) atoms. The molecule has 2 heterocycles. The van der Waals surface area contributed by atoms with Crippen LogP contribution in [0.25, 0.3) is 0 Å². The van der Waals surface area contributed by atoms with Gasteiger partial charge < -0.3 is 11.5 Å². The summed E-state index contributed by atoms with van der Waals surface area (Å²) in [6, 6.07) is 5.52. The number of primary amides is 1. The van der Waals surface area contributed by atoms with Crippen molar-refractivity contribution in [2.75, 3.05) is 13.1 Å². The van der Waals surface area contributed by atoms with Crippen molar-refractivity contribution in [1.82, 2.24) is 9.88 Å². The number of rotatable bonds is 4. The van der Waals surface area contributed by atoms with Crippen molar-refractivity contribution < 1.29 is 4.79 Å². The third-order valence-electron chi connectivity index (χ3n) is 3.28. The molecule has 1 aliphatic rings. The Bertz CT molecular complexity index is 381. The van der Waals surface area contributed by atoms with Crippen molar-refractivity contribution in [1.29, 1.82) is 0 Å². The molecule has 5 nitrogen and oxygen atoms in total. The fourth-order valence-electron chi connectivity index (χ4n) is 2.47. The molecule has 1 aromatic heterocycles. The number of hydrogen-bond acceptors (Lipinski definition) is 4. The highest BCUT2D eigenvalue weighted by molar-refractivity contribution is 5.80. The first kappa shape index (κ1) is 12.0. The molecule has 2 unspecified atom stereocenters. The van der Waals surface area contributed by atoms with Crippen LogP contribution < -0.4 is 11.5 Å². The molecule has 92 valence electrons. The molecule has 0 aromatic carbocycles. The van der Waals surface area contributed by atoms with E-state index in [9.17, 15) is 4.79 Å². The minimum Gasteiger partial charge on any atom is -0.368 e. The average Bonchev–Trinajstić information content (AvgIpc) is 2.81. The van der Waals surface area contributed by atoms with Gasteiger partial charge in [0, 0.05) is 12.7 Å². The zero-order chi connectivity index (χ0) is 12.3. The van der Waals surface area contributed by atoms with E-state index in [-0.39, 0.29) is 18.0 Å². The standard InChI is InChI=1S/C12H18N4O/c13-8-11(9-4-1-2-6-15-9)16-7-3-5-10(16)12(14)17/h1-2,4,6,10-11H,3,5,7-8,13H2,(H2,14,17). The fraction of sp³-hybridized carbons (Fsp3) is 0.500. The molecule has 1 aliphatic heterocycles. The molecule has 0 bridgehead atoms. The maximum Gasteiger partial charge on any atom is 0.234 e. The Kier molecular flexibility index (Phi) is 3.71. The van der Waals surface area contributed by atoms with Crippen molar-refractivity contribution in [3.63, 3.8) is 0 Å². The predicted molar refractivity (Wildman–Crippen MR) is 65.0 cm³/mol. The Morgan fingerprint density at radius 2 is 2.41 bits per heavy atom. The minimum atomic E-state index is -0.267. The van der Waals surface area contributed by atoms with Crippen molar-refractivity contribution in [3.8, 4) is 0 Å². The van der Waals surface area contributed by atoms with Gasteiger partial charge in [-0.1, -0.05) is 6.07 Å². The lowest BCUT2D eigenvalue weighted by Crippen LogP contribution is -2.44. The minimum absolute atomic E-state index is 0.0174. The Hall–Kier alpha value is -1.46. The Labute approximate surface area is 101 Å². The second-order valence-corrected chi connectivity index (χ2v) is 4.30. The largest absolute Gasteiger partial charge is 0.368 e. The molecule has 1 saturated heterocycles. The van der Waals surface area contributed by atoms with Crippen LogP contribution in [0.1, 0.15) is 24.6 Å². The Morgan fingerprint density at radius 3 is 3.00 bits per heavy atom. The van der Waals surface area contributed by atoms with Crippen molar-refractivity contribution in [2.45, 2.75) is 24.9 Å². The zero-order valence-electron chi connectivity index (χ0n) is 9.75. The van der Waals surface area contributed by atoms with Gasteiger partial charge in [0.25, 0.3) is 0 Å². The summed E-state index contributed by atoms with van der Waals surface area (Å²) in [4.78, 5) is 17.8. The lowest BCUT2D eigenvalue weighted by molar-refractivity contribution is -0.123. The second-order valence-electron chi connectivity index (χ2n) is 4.30. The van der Waals surface area contributed by atoms with E-state index in [1.807, 2.05) is 18.2 Å². The van der Waals surface area contributed by atoms with Crippen LogP contribution in [0.5, 0.6) is 0 Å². The van der Waals surface area contributed by atoms with Gasteiger partial charge in [-0.15, -0.1) is 0 Å². The van der Waals surface area contributed by atoms with Gasteiger partial charge in [0.1, 0.15) is 0 Å². The van der Waals surface area contributed by atoms with Crippen molar-refractivity contribution in [3.05, 3.63) is 30.1 Å². The summed E-state index contributed by atoms with van der Waals surface area (Å²) >= 11 is 0. The number of hydrogen-bond donors (Lipinski definition) is 2. The number of nitrogens with two attached hydrogens (primary N) is 2. The molecule has 0 spiro atoms. The topological polar surface area (TPSA) is 85.2 Å². The van der Waals surface area contributed by atoms with Crippen LogP contribution in [0.15, 0.2) is 24.4 Å². The first-order valence-corrected chi connectivity index (χ1v) is 5.90. The third kappa shape index (κ3) is 2.45. The van der Waals surface area contributed by atoms with Crippen LogP contribution in [0.3, 0.4) is 0 Å². The van der Waals surface area contributed by atoms with Crippen LogP contribution in [0, 0.1) is 0 Å². The number of pyridine rings is 1. The number of carbonyl (C=O) groups excluding carboxylic acids is 1. The summed E-state index contributed by atoms with van der Waals surface area (Å²) < 4.78 is 0. The smallest absolute Gasteiger partial charge is 0.234 e. The summed E-state index contributed by atoms with van der Waals surface area (Å²) in [6.45, 7) is 1.30. The van der Waals surface area contributed by atoms with Gasteiger partial charge >= 0.3 is 0 Å². The number of amides is 1. The fourth-order valence-corrected chi connectivity index (χ4v) is 2.47. The van der Waals surface area contributed by atoms with E-state index in [1.54, 1.807) is 6.20 Å². The molecule has 1 fully saturated rings. The van der Waals surface area contributed by atoms with Gasteiger partial charge in [-0.3, -0.25) is 14.7 Å². The molecule has 5 heteroatoms. The molecule has 0 saturated carbocycles. The molecule has 2 atom stereocenters. The highest BCUT2D eigenvalue weighted by Crippen LogP contribution is 2.27. The van der Waals surface area contributed by atoms with Gasteiger partial charge in [-0.25, -0.2) is 0 Å². The number of likely N-dealkylation sites (tertiary alicyclic amines) is 1. The number of nitrogens with zero attached hydrogens (tertiary/aromatic N) is 2. The quantitative estimate of drug-likeness (QED) is 0.769. The summed E-state index contributed by atoms with van der Waals surface area (Å²) in [5, 5.41) is 0. The van der Waals surface area contributed by atoms with E-state index >= 15 is 0 Å². The van der Waals surface area contributed by atoms with Gasteiger partial charge in [0.2, 0.25) is 5.91 Å². The van der Waals surface area contributed by atoms with Gasteiger partial charge in [0.15, 0.2) is 0 Å². The van der Waals surface area contributed by atoms with Gasteiger partial charge in [-0.2, -0.15) is 0 Å². The van der Waals surface area contributed by atoms with E-state index in [4.69, 9.17) is 11.5 Å². The Balaban J connectivity index is 2.21. The van der Waals surface area contributed by atoms with E-state index in [1.165, 1.54) is 0 Å². The second kappa shape index (κ2) is 5.25. The molecule has 1 amide bonds. The SMILES string of the molecule is NCC(c1ccccn1)N1CCCC1C(N)=O. The lowest BCUT2D eigenvalue weighted by atomic mass is 10.1. The molecule has 2 rings (SSSR count). The van der Waals surface area contributed by atoms with Crippen LogP contribution in [-0.4, -0.2) is 34.9 Å². The van der Waals surface area contributed by atoms with E-state index in [0.29, 0.717) is 6.54 Å². The summed E-state index contributed by atoms with van der Waals surface area (Å²) in [5.74, 6) is -0.267. The zero-order valence-corrected chi connectivity index (χ0v) is 9.75.